The molecule has 1 aliphatic heterocycles. The van der Waals surface area contributed by atoms with Gasteiger partial charge in [0.2, 0.25) is 32.4 Å². The van der Waals surface area contributed by atoms with Crippen molar-refractivity contribution < 1.29 is 60.1 Å². The van der Waals surface area contributed by atoms with Crippen LogP contribution in [0.15, 0.2) is 6.20 Å². The number of aromatic nitrogens is 2. The third-order valence-electron chi connectivity index (χ3n) is 10.7. The first-order chi connectivity index (χ1) is 28.4. The summed E-state index contributed by atoms with van der Waals surface area (Å²) in [5, 5.41) is 11.7. The Balaban J connectivity index is 0.000000393. The van der Waals surface area contributed by atoms with Crippen LogP contribution in [0.3, 0.4) is 0 Å². The number of anilines is 1. The van der Waals surface area contributed by atoms with Gasteiger partial charge in [-0.1, -0.05) is 0 Å². The highest BCUT2D eigenvalue weighted by molar-refractivity contribution is 7.88. The van der Waals surface area contributed by atoms with Crippen molar-refractivity contribution in [2.24, 2.45) is 5.92 Å². The van der Waals surface area contributed by atoms with Crippen molar-refractivity contribution in [3.63, 3.8) is 0 Å². The van der Waals surface area contributed by atoms with E-state index in [4.69, 9.17) is 24.3 Å². The number of hydrogen-bond acceptors (Lipinski definition) is 13. The highest BCUT2D eigenvalue weighted by Gasteiger charge is 2.37. The first-order valence-corrected chi connectivity index (χ1v) is 24.9. The van der Waals surface area contributed by atoms with Crippen molar-refractivity contribution in [2.45, 2.75) is 167 Å². The Morgan fingerprint density at radius 2 is 1.15 bits per heavy atom. The quantitative estimate of drug-likeness (QED) is 0.152. The number of sulfonamides is 2. The lowest BCUT2D eigenvalue weighted by atomic mass is 9.84. The lowest BCUT2D eigenvalue weighted by Gasteiger charge is -2.35. The predicted molar refractivity (Wildman–Crippen MR) is 231 cm³/mol. The van der Waals surface area contributed by atoms with Crippen molar-refractivity contribution in [2.75, 3.05) is 44.0 Å². The van der Waals surface area contributed by atoms with Crippen molar-refractivity contribution in [1.29, 1.82) is 0 Å². The van der Waals surface area contributed by atoms with Gasteiger partial charge in [0.1, 0.15) is 29.9 Å². The Kier molecular flexibility index (Phi) is 18.0. The molecule has 3 fully saturated rings. The maximum absolute atomic E-state index is 12.5. The largest absolute Gasteiger partial charge is 0.481 e. The van der Waals surface area contributed by atoms with Gasteiger partial charge in [-0.25, -0.2) is 26.6 Å². The van der Waals surface area contributed by atoms with E-state index in [0.717, 1.165) is 22.5 Å². The van der Waals surface area contributed by atoms with Gasteiger partial charge in [0.05, 0.1) is 24.1 Å². The van der Waals surface area contributed by atoms with Crippen LogP contribution < -0.4 is 5.32 Å². The second-order valence-electron chi connectivity index (χ2n) is 19.5. The Bertz CT molecular complexity index is 1930. The Labute approximate surface area is 367 Å². The van der Waals surface area contributed by atoms with Gasteiger partial charge in [0.15, 0.2) is 0 Å². The molecule has 1 saturated heterocycles. The summed E-state index contributed by atoms with van der Waals surface area (Å²) < 4.78 is 69.4. The number of carbonyl (C=O) groups excluding carboxylic acids is 4. The number of esters is 2. The minimum Gasteiger partial charge on any atom is -0.481 e. The van der Waals surface area contributed by atoms with Crippen LogP contribution in [0.25, 0.3) is 0 Å². The van der Waals surface area contributed by atoms with Crippen LogP contribution >= 0.6 is 0 Å². The lowest BCUT2D eigenvalue weighted by Crippen LogP contribution is -2.46. The number of likely N-dealkylation sites (tertiary alicyclic amines) is 1. The number of hydrogen-bond donors (Lipinski definition) is 2. The first kappa shape index (κ1) is 52.5. The average molecular weight is 919 g/mol. The van der Waals surface area contributed by atoms with Gasteiger partial charge in [-0.15, -0.1) is 0 Å². The molecule has 4 rings (SSSR count). The lowest BCUT2D eigenvalue weighted by molar-refractivity contribution is -0.156. The number of piperidine rings is 1. The van der Waals surface area contributed by atoms with Crippen LogP contribution in [0.1, 0.15) is 144 Å². The first-order valence-electron chi connectivity index (χ1n) is 21.2. The summed E-state index contributed by atoms with van der Waals surface area (Å²) >= 11 is 0. The minimum absolute atomic E-state index is 0.0632. The molecule has 0 unspecified atom stereocenters. The Morgan fingerprint density at radius 3 is 1.52 bits per heavy atom. The van der Waals surface area contributed by atoms with Gasteiger partial charge < -0.3 is 28.8 Å². The molecule has 2 heterocycles. The van der Waals surface area contributed by atoms with Crippen molar-refractivity contribution >= 4 is 56.4 Å². The van der Waals surface area contributed by atoms with Gasteiger partial charge in [-0.05, 0) is 127 Å². The van der Waals surface area contributed by atoms with Crippen molar-refractivity contribution in [3.05, 3.63) is 11.9 Å². The van der Waals surface area contributed by atoms with Gasteiger partial charge in [0, 0.05) is 43.3 Å². The van der Waals surface area contributed by atoms with Crippen LogP contribution in [0.5, 0.6) is 0 Å². The molecule has 19 nitrogen and oxygen atoms in total. The SMILES string of the molecule is CC(C)(C)OC(=O)CN(C1CCC(C(=O)O)CC1)S(C)(=O)=O.CC(C)(C)OC(=O)CN(C1CCC(c2cn(C3CCN(C(=O)OC(C)(C)C)CC3)c(NC=O)n2)CC1)S(C)(=O)=O. The third-order valence-corrected chi connectivity index (χ3v) is 13.2. The summed E-state index contributed by atoms with van der Waals surface area (Å²) in [6.45, 7) is 16.4. The third kappa shape index (κ3) is 17.0. The number of carboxylic acid groups (broad SMARTS) is 1. The Hall–Kier alpha value is -3.82. The monoisotopic (exact) mass is 918 g/mol. The summed E-state index contributed by atoms with van der Waals surface area (Å²) in [7, 11) is -7.18. The predicted octanol–water partition coefficient (Wildman–Crippen LogP) is 4.89. The molecule has 62 heavy (non-hydrogen) atoms. The van der Waals surface area contributed by atoms with Gasteiger partial charge in [-0.2, -0.15) is 8.61 Å². The summed E-state index contributed by atoms with van der Waals surface area (Å²) in [5.74, 6) is -1.89. The topological polar surface area (TPSA) is 241 Å². The minimum atomic E-state index is -3.62. The number of carbonyl (C=O) groups is 5. The summed E-state index contributed by atoms with van der Waals surface area (Å²) in [5.41, 5.74) is -1.09. The maximum atomic E-state index is 12.5. The van der Waals surface area contributed by atoms with Gasteiger partial charge >= 0.3 is 24.0 Å². The molecule has 0 aromatic carbocycles. The second-order valence-corrected chi connectivity index (χ2v) is 23.4. The van der Waals surface area contributed by atoms with E-state index in [-0.39, 0.29) is 43.2 Å². The van der Waals surface area contributed by atoms with E-state index < -0.39 is 60.7 Å². The highest BCUT2D eigenvalue weighted by Crippen LogP contribution is 2.37. The molecule has 2 amide bonds. The zero-order valence-electron chi connectivity index (χ0n) is 38.3. The van der Waals surface area contributed by atoms with Crippen LogP contribution in [0, 0.1) is 5.92 Å². The molecule has 0 spiro atoms. The maximum Gasteiger partial charge on any atom is 0.410 e. The molecule has 354 valence electrons. The van der Waals surface area contributed by atoms with E-state index in [9.17, 15) is 40.8 Å². The number of nitrogens with zero attached hydrogens (tertiary/aromatic N) is 5. The Morgan fingerprint density at radius 1 is 0.726 bits per heavy atom. The summed E-state index contributed by atoms with van der Waals surface area (Å²) in [6, 6.07) is -0.586. The molecule has 0 radical (unpaired) electrons. The van der Waals surface area contributed by atoms with E-state index in [0.29, 0.717) is 89.7 Å². The number of nitrogens with one attached hydrogen (secondary N) is 1. The molecule has 0 atom stereocenters. The van der Waals surface area contributed by atoms with E-state index >= 15 is 0 Å². The van der Waals surface area contributed by atoms with E-state index in [1.54, 1.807) is 46.4 Å². The van der Waals surface area contributed by atoms with E-state index in [1.807, 2.05) is 31.5 Å². The summed E-state index contributed by atoms with van der Waals surface area (Å²) in [6.07, 6.45) is 10.1. The number of carboxylic acids is 1. The van der Waals surface area contributed by atoms with Crippen molar-refractivity contribution in [3.8, 4) is 0 Å². The van der Waals surface area contributed by atoms with Crippen LogP contribution in [0.2, 0.25) is 0 Å². The molecule has 2 saturated carbocycles. The molecule has 0 bridgehead atoms. The molecule has 2 aliphatic carbocycles. The number of ether oxygens (including phenoxy) is 3. The van der Waals surface area contributed by atoms with Gasteiger partial charge in [-0.3, -0.25) is 24.5 Å². The van der Waals surface area contributed by atoms with Gasteiger partial charge in [0.25, 0.3) is 0 Å². The zero-order chi connectivity index (χ0) is 47.0. The second kappa shape index (κ2) is 21.2. The standard InChI is InChI=1S/C27H45N5O7S.C14H25NO6S/c1-26(2,3)38-23(34)17-32(40(7,36)37)21-10-8-19(9-11-21)22-16-31(24(29-22)28-18-33)20-12-14-30(15-13-20)25(35)39-27(4,5)6;1-14(2,3)21-12(16)9-15(22(4,19)20)11-7-5-10(6-8-11)13(17)18/h16,18-21H,8-15,17H2,1-7H3,(H,28,29,33);10-11H,5-9H2,1-4H3,(H,17,18). The molecule has 3 aliphatic rings. The molecular formula is C41H70N6O13S2. The van der Waals surface area contributed by atoms with Crippen LogP contribution in [-0.2, 0) is 53.4 Å². The molecule has 2 N–H and O–H groups in total. The molecular weight excluding hydrogens is 849 g/mol. The average Bonchev–Trinajstić information content (AvgIpc) is 3.54. The number of amides is 2. The normalized spacial score (nSPS) is 22.0. The van der Waals surface area contributed by atoms with E-state index in [1.165, 1.54) is 4.31 Å². The van der Waals surface area contributed by atoms with Crippen LogP contribution in [-0.4, -0.2) is 143 Å². The summed E-state index contributed by atoms with van der Waals surface area (Å²) in [4.78, 5) is 65.5. The zero-order valence-corrected chi connectivity index (χ0v) is 40.0. The van der Waals surface area contributed by atoms with Crippen LogP contribution in [0.4, 0.5) is 10.7 Å². The number of imidazole rings is 1. The fraction of sp³-hybridized carbons (Fsp3) is 0.805. The van der Waals surface area contributed by atoms with Crippen molar-refractivity contribution in [1.82, 2.24) is 23.1 Å². The number of rotatable bonds is 13. The number of aliphatic carboxylic acids is 1. The highest BCUT2D eigenvalue weighted by atomic mass is 32.2. The smallest absolute Gasteiger partial charge is 0.410 e. The molecule has 1 aromatic rings. The molecule has 21 heteroatoms. The fourth-order valence-corrected chi connectivity index (χ4v) is 10.2. The fourth-order valence-electron chi connectivity index (χ4n) is 8.01. The van der Waals surface area contributed by atoms with E-state index in [2.05, 4.69) is 5.32 Å². The molecule has 1 aromatic heterocycles.